The quantitative estimate of drug-likeness (QED) is 0.783. The van der Waals surface area contributed by atoms with Crippen LogP contribution in [0.5, 0.6) is 0 Å². The Balaban J connectivity index is 3.02. The highest BCUT2D eigenvalue weighted by molar-refractivity contribution is 7.99. The Morgan fingerprint density at radius 3 is 2.86 bits per heavy atom. The monoisotopic (exact) mass is 214 g/mol. The summed E-state index contributed by atoms with van der Waals surface area (Å²) in [7, 11) is 0. The summed E-state index contributed by atoms with van der Waals surface area (Å²) in [5, 5.41) is 8.79. The first-order valence-corrected chi connectivity index (χ1v) is 5.30. The molecule has 1 aromatic rings. The Labute approximate surface area is 86.1 Å². The van der Waals surface area contributed by atoms with Crippen molar-refractivity contribution in [2.45, 2.75) is 18.2 Å². The second-order valence-electron chi connectivity index (χ2n) is 2.77. The van der Waals surface area contributed by atoms with Gasteiger partial charge in [-0.3, -0.25) is 0 Å². The summed E-state index contributed by atoms with van der Waals surface area (Å²) < 4.78 is 13.1. The molecule has 1 aromatic carbocycles. The van der Waals surface area contributed by atoms with Crippen LogP contribution in [0.15, 0.2) is 23.1 Å². The molecule has 0 radical (unpaired) electrons. The molecule has 14 heavy (non-hydrogen) atoms. The number of rotatable bonds is 4. The number of carboxylic acids is 1. The van der Waals surface area contributed by atoms with Crippen LogP contribution in [0.4, 0.5) is 4.39 Å². The maximum atomic E-state index is 13.1. The Bertz CT molecular complexity index is 339. The van der Waals surface area contributed by atoms with E-state index in [1.807, 2.05) is 6.92 Å². The van der Waals surface area contributed by atoms with Gasteiger partial charge in [0.05, 0.1) is 0 Å². The van der Waals surface area contributed by atoms with E-state index in [9.17, 15) is 9.18 Å². The van der Waals surface area contributed by atoms with Gasteiger partial charge in [-0.15, -0.1) is 11.8 Å². The summed E-state index contributed by atoms with van der Waals surface area (Å²) in [5.74, 6) is -1.08. The molecule has 0 aliphatic rings. The van der Waals surface area contributed by atoms with Gasteiger partial charge in [-0.2, -0.15) is 0 Å². The Hall–Kier alpha value is -1.03. The molecule has 4 heteroatoms. The molecular formula is C10H11FO2S. The molecule has 76 valence electrons. The molecule has 0 heterocycles. The fourth-order valence-electron chi connectivity index (χ4n) is 1.04. The first-order valence-electron chi connectivity index (χ1n) is 4.31. The van der Waals surface area contributed by atoms with Crippen molar-refractivity contribution in [1.29, 1.82) is 0 Å². The van der Waals surface area contributed by atoms with E-state index in [4.69, 9.17) is 5.11 Å². The highest BCUT2D eigenvalue weighted by atomic mass is 32.2. The van der Waals surface area contributed by atoms with E-state index in [1.54, 1.807) is 6.07 Å². The number of benzene rings is 1. The van der Waals surface area contributed by atoms with Gasteiger partial charge in [-0.25, -0.2) is 9.18 Å². The van der Waals surface area contributed by atoms with E-state index >= 15 is 0 Å². The normalized spacial score (nSPS) is 10.1. The van der Waals surface area contributed by atoms with Gasteiger partial charge in [0.25, 0.3) is 0 Å². The molecule has 1 rings (SSSR count). The van der Waals surface area contributed by atoms with Gasteiger partial charge in [-0.05, 0) is 24.3 Å². The maximum Gasteiger partial charge on any atom is 0.339 e. The van der Waals surface area contributed by atoms with Gasteiger partial charge < -0.3 is 5.11 Å². The second kappa shape index (κ2) is 5.00. The smallest absolute Gasteiger partial charge is 0.339 e. The van der Waals surface area contributed by atoms with Crippen LogP contribution in [0.1, 0.15) is 23.7 Å². The highest BCUT2D eigenvalue weighted by Crippen LogP contribution is 2.25. The van der Waals surface area contributed by atoms with E-state index in [1.165, 1.54) is 23.9 Å². The number of carbonyl (C=O) groups is 1. The van der Waals surface area contributed by atoms with Gasteiger partial charge >= 0.3 is 5.97 Å². The lowest BCUT2D eigenvalue weighted by Gasteiger charge is -2.05. The van der Waals surface area contributed by atoms with Crippen LogP contribution in [0.2, 0.25) is 0 Å². The summed E-state index contributed by atoms with van der Waals surface area (Å²) in [6.45, 7) is 1.99. The molecule has 0 atom stereocenters. The minimum atomic E-state index is -1.21. The van der Waals surface area contributed by atoms with E-state index in [0.717, 1.165) is 12.2 Å². The third-order valence-electron chi connectivity index (χ3n) is 1.65. The molecule has 0 saturated heterocycles. The van der Waals surface area contributed by atoms with E-state index in [2.05, 4.69) is 0 Å². The molecular weight excluding hydrogens is 203 g/mol. The lowest BCUT2D eigenvalue weighted by atomic mass is 10.2. The van der Waals surface area contributed by atoms with Crippen LogP contribution in [0.25, 0.3) is 0 Å². The summed E-state index contributed by atoms with van der Waals surface area (Å²) in [5.41, 5.74) is -0.217. The number of hydrogen-bond acceptors (Lipinski definition) is 2. The van der Waals surface area contributed by atoms with Crippen molar-refractivity contribution in [2.24, 2.45) is 0 Å². The third kappa shape index (κ3) is 2.48. The summed E-state index contributed by atoms with van der Waals surface area (Å²) in [6.07, 6.45) is 0.931. The fourth-order valence-corrected chi connectivity index (χ4v) is 1.97. The van der Waals surface area contributed by atoms with Crippen LogP contribution in [0.3, 0.4) is 0 Å². The number of aromatic carboxylic acids is 1. The first-order chi connectivity index (χ1) is 6.66. The third-order valence-corrected chi connectivity index (χ3v) is 2.91. The number of carboxylic acid groups (broad SMARTS) is 1. The zero-order valence-corrected chi connectivity index (χ0v) is 8.60. The van der Waals surface area contributed by atoms with Crippen molar-refractivity contribution in [1.82, 2.24) is 0 Å². The SMILES string of the molecule is CCCSc1cccc(F)c1C(=O)O. The van der Waals surface area contributed by atoms with Crippen molar-refractivity contribution in [3.63, 3.8) is 0 Å². The van der Waals surface area contributed by atoms with Crippen molar-refractivity contribution >= 4 is 17.7 Å². The standard InChI is InChI=1S/C10H11FO2S/c1-2-6-14-8-5-3-4-7(11)9(8)10(12)13/h3-5H,2,6H2,1H3,(H,12,13). The minimum absolute atomic E-state index is 0.217. The number of halogens is 1. The zero-order chi connectivity index (χ0) is 10.6. The molecule has 0 spiro atoms. The molecule has 0 aromatic heterocycles. The maximum absolute atomic E-state index is 13.1. The average Bonchev–Trinajstić information content (AvgIpc) is 2.14. The second-order valence-corrected chi connectivity index (χ2v) is 3.90. The molecule has 0 unspecified atom stereocenters. The summed E-state index contributed by atoms with van der Waals surface area (Å²) >= 11 is 1.37. The van der Waals surface area contributed by atoms with Crippen LogP contribution < -0.4 is 0 Å². The van der Waals surface area contributed by atoms with Crippen molar-refractivity contribution in [3.05, 3.63) is 29.6 Å². The molecule has 1 N–H and O–H groups in total. The van der Waals surface area contributed by atoms with Crippen molar-refractivity contribution < 1.29 is 14.3 Å². The van der Waals surface area contributed by atoms with Crippen molar-refractivity contribution in [2.75, 3.05) is 5.75 Å². The molecule has 0 amide bonds. The Morgan fingerprint density at radius 2 is 2.29 bits per heavy atom. The molecule has 0 saturated carbocycles. The fraction of sp³-hybridized carbons (Fsp3) is 0.300. The lowest BCUT2D eigenvalue weighted by Crippen LogP contribution is -2.02. The predicted molar refractivity (Wildman–Crippen MR) is 54.4 cm³/mol. The molecule has 0 aliphatic carbocycles. The van der Waals surface area contributed by atoms with E-state index in [0.29, 0.717) is 4.90 Å². The van der Waals surface area contributed by atoms with Gasteiger partial charge in [0.15, 0.2) is 0 Å². The van der Waals surface area contributed by atoms with Gasteiger partial charge in [0.2, 0.25) is 0 Å². The first kappa shape index (κ1) is 11.0. The van der Waals surface area contributed by atoms with Crippen LogP contribution in [-0.2, 0) is 0 Å². The van der Waals surface area contributed by atoms with Crippen LogP contribution >= 0.6 is 11.8 Å². The van der Waals surface area contributed by atoms with E-state index in [-0.39, 0.29) is 5.56 Å². The van der Waals surface area contributed by atoms with Gasteiger partial charge in [0.1, 0.15) is 11.4 Å². The number of thioether (sulfide) groups is 1. The van der Waals surface area contributed by atoms with Crippen LogP contribution in [-0.4, -0.2) is 16.8 Å². The number of hydrogen-bond donors (Lipinski definition) is 1. The molecule has 0 fully saturated rings. The zero-order valence-electron chi connectivity index (χ0n) is 7.79. The van der Waals surface area contributed by atoms with Crippen LogP contribution in [0, 0.1) is 5.82 Å². The topological polar surface area (TPSA) is 37.3 Å². The van der Waals surface area contributed by atoms with E-state index < -0.39 is 11.8 Å². The van der Waals surface area contributed by atoms with Gasteiger partial charge in [-0.1, -0.05) is 13.0 Å². The van der Waals surface area contributed by atoms with Crippen molar-refractivity contribution in [3.8, 4) is 0 Å². The minimum Gasteiger partial charge on any atom is -0.478 e. The molecule has 2 nitrogen and oxygen atoms in total. The van der Waals surface area contributed by atoms with Gasteiger partial charge in [0, 0.05) is 4.90 Å². The Morgan fingerprint density at radius 1 is 1.57 bits per heavy atom. The average molecular weight is 214 g/mol. The molecule has 0 bridgehead atoms. The Kier molecular flexibility index (Phi) is 3.95. The summed E-state index contributed by atoms with van der Waals surface area (Å²) in [4.78, 5) is 11.3. The predicted octanol–water partition coefficient (Wildman–Crippen LogP) is 3.03. The lowest BCUT2D eigenvalue weighted by molar-refractivity contribution is 0.0688. The largest absolute Gasteiger partial charge is 0.478 e. The summed E-state index contributed by atoms with van der Waals surface area (Å²) in [6, 6.07) is 4.33. The molecule has 0 aliphatic heterocycles. The highest BCUT2D eigenvalue weighted by Gasteiger charge is 2.15.